The Morgan fingerprint density at radius 2 is 1.88 bits per heavy atom. The maximum absolute atomic E-state index is 12.1. The summed E-state index contributed by atoms with van der Waals surface area (Å²) >= 11 is 3.30. The molecule has 0 spiro atoms. The number of nitrogens with zero attached hydrogens (tertiary/aromatic N) is 1. The fourth-order valence-corrected chi connectivity index (χ4v) is 1.95. The van der Waals surface area contributed by atoms with Gasteiger partial charge in [-0.2, -0.15) is 13.2 Å². The number of hydrogen-bond acceptors (Lipinski definition) is 2. The van der Waals surface area contributed by atoms with Gasteiger partial charge in [0, 0.05) is 29.7 Å². The predicted octanol–water partition coefficient (Wildman–Crippen LogP) is 3.29. The summed E-state index contributed by atoms with van der Waals surface area (Å²) in [7, 11) is 0. The smallest absolute Gasteiger partial charge is 0.357 e. The largest absolute Gasteiger partial charge is 0.390 e. The van der Waals surface area contributed by atoms with Crippen LogP contribution in [0.4, 0.5) is 18.9 Å². The highest BCUT2D eigenvalue weighted by atomic mass is 79.9. The minimum Gasteiger partial charge on any atom is -0.357 e. The number of guanidine groups is 1. The second kappa shape index (κ2) is 10.2. The number of hydrogen-bond donors (Lipinski definition) is 3. The average Bonchev–Trinajstić information content (AvgIpc) is 2.48. The summed E-state index contributed by atoms with van der Waals surface area (Å²) in [5.74, 6) is 0.0640. The Balaban J connectivity index is 2.37. The Kier molecular flexibility index (Phi) is 8.59. The van der Waals surface area contributed by atoms with Gasteiger partial charge in [0.05, 0.1) is 13.0 Å². The molecule has 0 aliphatic heterocycles. The molecule has 0 aromatic heterocycles. The zero-order valence-electron chi connectivity index (χ0n) is 13.2. The normalized spacial score (nSPS) is 12.0. The molecule has 0 radical (unpaired) electrons. The highest BCUT2D eigenvalue weighted by Crippen LogP contribution is 2.18. The van der Waals surface area contributed by atoms with Gasteiger partial charge in [-0.1, -0.05) is 15.9 Å². The van der Waals surface area contributed by atoms with Gasteiger partial charge in [-0.3, -0.25) is 9.79 Å². The Morgan fingerprint density at radius 1 is 1.21 bits per heavy atom. The molecule has 1 aromatic carbocycles. The van der Waals surface area contributed by atoms with Crippen LogP contribution in [-0.4, -0.2) is 37.7 Å². The van der Waals surface area contributed by atoms with E-state index in [1.807, 2.05) is 12.1 Å². The van der Waals surface area contributed by atoms with E-state index in [1.165, 1.54) is 0 Å². The van der Waals surface area contributed by atoms with Crippen LogP contribution in [-0.2, 0) is 4.79 Å². The second-order valence-electron chi connectivity index (χ2n) is 4.86. The van der Waals surface area contributed by atoms with Gasteiger partial charge in [-0.05, 0) is 31.2 Å². The van der Waals surface area contributed by atoms with Gasteiger partial charge in [0.2, 0.25) is 5.91 Å². The predicted molar refractivity (Wildman–Crippen MR) is 92.0 cm³/mol. The van der Waals surface area contributed by atoms with Crippen molar-refractivity contribution in [1.29, 1.82) is 0 Å². The van der Waals surface area contributed by atoms with E-state index in [1.54, 1.807) is 19.1 Å². The number of rotatable bonds is 7. The second-order valence-corrected chi connectivity index (χ2v) is 5.77. The molecule has 0 fully saturated rings. The van der Waals surface area contributed by atoms with Crippen molar-refractivity contribution in [3.8, 4) is 0 Å². The monoisotopic (exact) mass is 408 g/mol. The minimum absolute atomic E-state index is 0.166. The first-order valence-electron chi connectivity index (χ1n) is 7.44. The summed E-state index contributed by atoms with van der Waals surface area (Å²) in [5.41, 5.74) is 0.675. The first-order chi connectivity index (χ1) is 11.3. The molecule has 0 aliphatic carbocycles. The van der Waals surface area contributed by atoms with E-state index < -0.39 is 12.6 Å². The standard InChI is InChI=1S/C15H20BrF3N4O/c1-2-20-14(22-10-8-15(17,18)19)21-9-7-13(24)23-12-5-3-11(16)4-6-12/h3-6H,2,7-10H2,1H3,(H,23,24)(H2,20,21,22). The van der Waals surface area contributed by atoms with E-state index in [4.69, 9.17) is 0 Å². The molecule has 3 N–H and O–H groups in total. The van der Waals surface area contributed by atoms with E-state index in [0.717, 1.165) is 4.47 Å². The molecular weight excluding hydrogens is 389 g/mol. The molecule has 0 aliphatic rings. The Morgan fingerprint density at radius 3 is 2.46 bits per heavy atom. The molecule has 0 saturated heterocycles. The molecule has 0 saturated carbocycles. The number of alkyl halides is 3. The van der Waals surface area contributed by atoms with Crippen molar-refractivity contribution < 1.29 is 18.0 Å². The quantitative estimate of drug-likeness (QED) is 0.479. The molecule has 24 heavy (non-hydrogen) atoms. The summed E-state index contributed by atoms with van der Waals surface area (Å²) < 4.78 is 37.3. The lowest BCUT2D eigenvalue weighted by Gasteiger charge is -2.12. The van der Waals surface area contributed by atoms with Gasteiger partial charge in [0.1, 0.15) is 0 Å². The van der Waals surface area contributed by atoms with Crippen molar-refractivity contribution in [2.24, 2.45) is 4.99 Å². The number of anilines is 1. The first kappa shape index (κ1) is 20.3. The maximum atomic E-state index is 12.1. The summed E-state index contributed by atoms with van der Waals surface area (Å²) in [6.45, 7) is 2.23. The summed E-state index contributed by atoms with van der Waals surface area (Å²) in [5, 5.41) is 8.40. The average molecular weight is 409 g/mol. The molecular formula is C15H20BrF3N4O. The third kappa shape index (κ3) is 9.39. The summed E-state index contributed by atoms with van der Waals surface area (Å²) in [6, 6.07) is 7.14. The zero-order valence-corrected chi connectivity index (χ0v) is 14.8. The lowest BCUT2D eigenvalue weighted by Crippen LogP contribution is -2.39. The molecule has 134 valence electrons. The van der Waals surface area contributed by atoms with Crippen LogP contribution in [0.15, 0.2) is 33.7 Å². The van der Waals surface area contributed by atoms with Crippen LogP contribution in [0.1, 0.15) is 19.8 Å². The van der Waals surface area contributed by atoms with E-state index in [2.05, 4.69) is 36.9 Å². The number of halogens is 4. The third-order valence-electron chi connectivity index (χ3n) is 2.78. The lowest BCUT2D eigenvalue weighted by atomic mass is 10.3. The van der Waals surface area contributed by atoms with Crippen LogP contribution in [0.5, 0.6) is 0 Å². The maximum Gasteiger partial charge on any atom is 0.390 e. The number of aliphatic imine (C=N–C) groups is 1. The highest BCUT2D eigenvalue weighted by molar-refractivity contribution is 9.10. The Bertz CT molecular complexity index is 547. The highest BCUT2D eigenvalue weighted by Gasteiger charge is 2.26. The van der Waals surface area contributed by atoms with Crippen LogP contribution in [0.2, 0.25) is 0 Å². The van der Waals surface area contributed by atoms with E-state index in [-0.39, 0.29) is 31.4 Å². The number of nitrogens with one attached hydrogen (secondary N) is 3. The number of carbonyl (C=O) groups excluding carboxylic acids is 1. The molecule has 0 atom stereocenters. The van der Waals surface area contributed by atoms with Gasteiger partial charge < -0.3 is 16.0 Å². The molecule has 0 bridgehead atoms. The van der Waals surface area contributed by atoms with Gasteiger partial charge >= 0.3 is 6.18 Å². The van der Waals surface area contributed by atoms with Gasteiger partial charge in [0.15, 0.2) is 5.96 Å². The Hall–Kier alpha value is -1.77. The van der Waals surface area contributed by atoms with E-state index >= 15 is 0 Å². The van der Waals surface area contributed by atoms with Crippen molar-refractivity contribution in [3.63, 3.8) is 0 Å². The molecule has 0 unspecified atom stereocenters. The van der Waals surface area contributed by atoms with Crippen molar-refractivity contribution >= 4 is 33.5 Å². The number of amides is 1. The zero-order chi connectivity index (χ0) is 18.0. The van der Waals surface area contributed by atoms with Crippen molar-refractivity contribution in [3.05, 3.63) is 28.7 Å². The van der Waals surface area contributed by atoms with Crippen LogP contribution >= 0.6 is 15.9 Å². The molecule has 1 amide bonds. The SMILES string of the molecule is CCNC(=NCCC(F)(F)F)NCCC(=O)Nc1ccc(Br)cc1. The van der Waals surface area contributed by atoms with Crippen molar-refractivity contribution in [1.82, 2.24) is 10.6 Å². The third-order valence-corrected chi connectivity index (χ3v) is 3.31. The van der Waals surface area contributed by atoms with Crippen LogP contribution in [0, 0.1) is 0 Å². The van der Waals surface area contributed by atoms with Crippen LogP contribution in [0.25, 0.3) is 0 Å². The molecule has 1 rings (SSSR count). The summed E-state index contributed by atoms with van der Waals surface area (Å²) in [4.78, 5) is 15.6. The van der Waals surface area contributed by atoms with Gasteiger partial charge in [0.25, 0.3) is 0 Å². The Labute approximate surface area is 147 Å². The van der Waals surface area contributed by atoms with Gasteiger partial charge in [-0.25, -0.2) is 0 Å². The van der Waals surface area contributed by atoms with Gasteiger partial charge in [-0.15, -0.1) is 0 Å². The fraction of sp³-hybridized carbons (Fsp3) is 0.467. The number of benzene rings is 1. The summed E-state index contributed by atoms with van der Waals surface area (Å²) in [6.07, 6.45) is -5.04. The van der Waals surface area contributed by atoms with Crippen molar-refractivity contribution in [2.75, 3.05) is 25.0 Å². The molecule has 9 heteroatoms. The molecule has 5 nitrogen and oxygen atoms in total. The van der Waals surface area contributed by atoms with Crippen LogP contribution < -0.4 is 16.0 Å². The molecule has 0 heterocycles. The fourth-order valence-electron chi connectivity index (χ4n) is 1.69. The van der Waals surface area contributed by atoms with E-state index in [9.17, 15) is 18.0 Å². The lowest BCUT2D eigenvalue weighted by molar-refractivity contribution is -0.132. The first-order valence-corrected chi connectivity index (χ1v) is 8.24. The van der Waals surface area contributed by atoms with E-state index in [0.29, 0.717) is 12.2 Å². The number of carbonyl (C=O) groups is 1. The van der Waals surface area contributed by atoms with Crippen LogP contribution in [0.3, 0.4) is 0 Å². The minimum atomic E-state index is -4.23. The molecule has 1 aromatic rings. The topological polar surface area (TPSA) is 65.5 Å². The van der Waals surface area contributed by atoms with Crippen molar-refractivity contribution in [2.45, 2.75) is 25.9 Å².